The molecule has 1 heterocycles. The lowest BCUT2D eigenvalue weighted by atomic mass is 10.0. The second-order valence-corrected chi connectivity index (χ2v) is 3.12. The predicted molar refractivity (Wildman–Crippen MR) is 44.8 cm³/mol. The summed E-state index contributed by atoms with van der Waals surface area (Å²) in [7, 11) is 0. The molecule has 1 saturated heterocycles. The van der Waals surface area contributed by atoms with E-state index < -0.39 is 0 Å². The molecule has 1 nitrogen and oxygen atoms in total. The zero-order valence-electron chi connectivity index (χ0n) is 6.84. The van der Waals surface area contributed by atoms with Gasteiger partial charge in [-0.25, -0.2) is 0 Å². The normalized spacial score (nSPS) is 25.3. The minimum absolute atomic E-state index is 0.947. The molecule has 10 heavy (non-hydrogen) atoms. The van der Waals surface area contributed by atoms with Gasteiger partial charge in [0.2, 0.25) is 0 Å². The van der Waals surface area contributed by atoms with E-state index in [0.29, 0.717) is 0 Å². The molecule has 0 saturated carbocycles. The topological polar surface area (TPSA) is 3.24 Å². The Hall–Kier alpha value is -0.460. The van der Waals surface area contributed by atoms with Crippen molar-refractivity contribution in [1.29, 1.82) is 0 Å². The molecule has 1 aliphatic heterocycles. The van der Waals surface area contributed by atoms with E-state index in [0.717, 1.165) is 5.92 Å². The summed E-state index contributed by atoms with van der Waals surface area (Å²) in [5, 5.41) is 0. The van der Waals surface area contributed by atoms with Gasteiger partial charge < -0.3 is 4.90 Å². The molecule has 0 spiro atoms. The van der Waals surface area contributed by atoms with Crippen LogP contribution in [-0.2, 0) is 0 Å². The summed E-state index contributed by atoms with van der Waals surface area (Å²) in [5.74, 6) is 0.947. The van der Waals surface area contributed by atoms with E-state index in [1.54, 1.807) is 0 Å². The highest BCUT2D eigenvalue weighted by Crippen LogP contribution is 2.20. The van der Waals surface area contributed by atoms with Crippen LogP contribution >= 0.6 is 0 Å². The first-order chi connectivity index (χ1) is 4.86. The largest absolute Gasteiger partial charge is 0.378 e. The fourth-order valence-corrected chi connectivity index (χ4v) is 1.67. The number of likely N-dealkylation sites (tertiary alicyclic amines) is 1. The standard InChI is InChI=1S/C9H17N/c1-3-5-9-6-7-10(4-2)8-9/h4,9H,2-3,5-8H2,1H3. The van der Waals surface area contributed by atoms with Gasteiger partial charge in [0.25, 0.3) is 0 Å². The van der Waals surface area contributed by atoms with Crippen molar-refractivity contribution in [3.8, 4) is 0 Å². The Labute approximate surface area is 63.7 Å². The van der Waals surface area contributed by atoms with E-state index in [4.69, 9.17) is 0 Å². The van der Waals surface area contributed by atoms with Crippen LogP contribution in [0.15, 0.2) is 12.8 Å². The summed E-state index contributed by atoms with van der Waals surface area (Å²) in [4.78, 5) is 2.32. The van der Waals surface area contributed by atoms with E-state index in [1.807, 2.05) is 6.20 Å². The van der Waals surface area contributed by atoms with Crippen molar-refractivity contribution >= 4 is 0 Å². The fraction of sp³-hybridized carbons (Fsp3) is 0.778. The molecule has 58 valence electrons. The second kappa shape index (κ2) is 3.65. The lowest BCUT2D eigenvalue weighted by Crippen LogP contribution is -2.12. The lowest BCUT2D eigenvalue weighted by molar-refractivity contribution is 0.426. The minimum atomic E-state index is 0.947. The van der Waals surface area contributed by atoms with Crippen LogP contribution in [-0.4, -0.2) is 18.0 Å². The summed E-state index contributed by atoms with van der Waals surface area (Å²) in [6, 6.07) is 0. The van der Waals surface area contributed by atoms with Crippen LogP contribution in [0.25, 0.3) is 0 Å². The van der Waals surface area contributed by atoms with Crippen molar-refractivity contribution < 1.29 is 0 Å². The molecular formula is C9H17N. The highest BCUT2D eigenvalue weighted by atomic mass is 15.1. The van der Waals surface area contributed by atoms with Crippen LogP contribution in [0, 0.1) is 5.92 Å². The molecule has 1 atom stereocenters. The van der Waals surface area contributed by atoms with Crippen LogP contribution in [0.1, 0.15) is 26.2 Å². The molecule has 0 aromatic heterocycles. The van der Waals surface area contributed by atoms with Crippen molar-refractivity contribution in [2.75, 3.05) is 13.1 Å². The first-order valence-corrected chi connectivity index (χ1v) is 4.23. The van der Waals surface area contributed by atoms with E-state index in [2.05, 4.69) is 18.4 Å². The minimum Gasteiger partial charge on any atom is -0.378 e. The monoisotopic (exact) mass is 139 g/mol. The fourth-order valence-electron chi connectivity index (χ4n) is 1.67. The molecule has 0 amide bonds. The first-order valence-electron chi connectivity index (χ1n) is 4.23. The molecule has 1 rings (SSSR count). The highest BCUT2D eigenvalue weighted by molar-refractivity contribution is 4.81. The van der Waals surface area contributed by atoms with Gasteiger partial charge in [-0.1, -0.05) is 19.9 Å². The van der Waals surface area contributed by atoms with E-state index in [-0.39, 0.29) is 0 Å². The van der Waals surface area contributed by atoms with E-state index in [9.17, 15) is 0 Å². The van der Waals surface area contributed by atoms with Gasteiger partial charge in [-0.2, -0.15) is 0 Å². The molecule has 0 aromatic rings. The third-order valence-corrected chi connectivity index (χ3v) is 2.27. The van der Waals surface area contributed by atoms with Crippen molar-refractivity contribution in [1.82, 2.24) is 4.90 Å². The lowest BCUT2D eigenvalue weighted by Gasteiger charge is -2.11. The Morgan fingerprint density at radius 3 is 3.00 bits per heavy atom. The Kier molecular flexibility index (Phi) is 2.79. The quantitative estimate of drug-likeness (QED) is 0.579. The molecule has 1 unspecified atom stereocenters. The maximum Gasteiger partial charge on any atom is 0.0201 e. The van der Waals surface area contributed by atoms with Crippen LogP contribution < -0.4 is 0 Å². The Morgan fingerprint density at radius 1 is 1.70 bits per heavy atom. The van der Waals surface area contributed by atoms with Gasteiger partial charge in [0, 0.05) is 13.1 Å². The summed E-state index contributed by atoms with van der Waals surface area (Å²) in [6.07, 6.45) is 6.06. The summed E-state index contributed by atoms with van der Waals surface area (Å²) in [6.45, 7) is 8.50. The van der Waals surface area contributed by atoms with E-state index >= 15 is 0 Å². The average Bonchev–Trinajstić information content (AvgIpc) is 2.37. The molecular weight excluding hydrogens is 122 g/mol. The zero-order chi connectivity index (χ0) is 7.40. The molecule has 1 heteroatoms. The number of rotatable bonds is 3. The van der Waals surface area contributed by atoms with Gasteiger partial charge in [-0.05, 0) is 25.0 Å². The van der Waals surface area contributed by atoms with Crippen molar-refractivity contribution in [3.05, 3.63) is 12.8 Å². The van der Waals surface area contributed by atoms with E-state index in [1.165, 1.54) is 32.4 Å². The first kappa shape index (κ1) is 7.64. The molecule has 1 fully saturated rings. The maximum atomic E-state index is 3.76. The summed E-state index contributed by atoms with van der Waals surface area (Å²) >= 11 is 0. The number of hydrogen-bond donors (Lipinski definition) is 0. The van der Waals surface area contributed by atoms with Crippen molar-refractivity contribution in [2.45, 2.75) is 26.2 Å². The third kappa shape index (κ3) is 1.76. The Bertz CT molecular complexity index is 109. The third-order valence-electron chi connectivity index (χ3n) is 2.27. The maximum absolute atomic E-state index is 3.76. The van der Waals surface area contributed by atoms with Crippen LogP contribution in [0.2, 0.25) is 0 Å². The Balaban J connectivity index is 2.21. The van der Waals surface area contributed by atoms with Crippen molar-refractivity contribution in [2.24, 2.45) is 5.92 Å². The molecule has 1 aliphatic rings. The molecule has 0 aromatic carbocycles. The van der Waals surface area contributed by atoms with Gasteiger partial charge in [-0.15, -0.1) is 0 Å². The van der Waals surface area contributed by atoms with Gasteiger partial charge >= 0.3 is 0 Å². The molecule has 0 N–H and O–H groups in total. The van der Waals surface area contributed by atoms with Crippen LogP contribution in [0.3, 0.4) is 0 Å². The van der Waals surface area contributed by atoms with Gasteiger partial charge in [0.05, 0.1) is 0 Å². The zero-order valence-corrected chi connectivity index (χ0v) is 6.84. The number of hydrogen-bond acceptors (Lipinski definition) is 1. The summed E-state index contributed by atoms with van der Waals surface area (Å²) < 4.78 is 0. The van der Waals surface area contributed by atoms with Crippen molar-refractivity contribution in [3.63, 3.8) is 0 Å². The molecule has 0 aliphatic carbocycles. The highest BCUT2D eigenvalue weighted by Gasteiger charge is 2.17. The van der Waals surface area contributed by atoms with Gasteiger partial charge in [0.1, 0.15) is 0 Å². The molecule has 0 bridgehead atoms. The SMILES string of the molecule is C=CN1CCC(CCC)C1. The second-order valence-electron chi connectivity index (χ2n) is 3.12. The predicted octanol–water partition coefficient (Wildman–Crippen LogP) is 2.25. The van der Waals surface area contributed by atoms with Crippen LogP contribution in [0.4, 0.5) is 0 Å². The Morgan fingerprint density at radius 2 is 2.50 bits per heavy atom. The summed E-state index contributed by atoms with van der Waals surface area (Å²) in [5.41, 5.74) is 0. The molecule has 0 radical (unpaired) electrons. The smallest absolute Gasteiger partial charge is 0.0201 e. The van der Waals surface area contributed by atoms with Gasteiger partial charge in [0.15, 0.2) is 0 Å². The van der Waals surface area contributed by atoms with Crippen LogP contribution in [0.5, 0.6) is 0 Å². The number of nitrogens with zero attached hydrogens (tertiary/aromatic N) is 1. The van der Waals surface area contributed by atoms with Gasteiger partial charge in [-0.3, -0.25) is 0 Å². The average molecular weight is 139 g/mol.